The van der Waals surface area contributed by atoms with Gasteiger partial charge in [-0.2, -0.15) is 0 Å². The highest BCUT2D eigenvalue weighted by atomic mass is 79.9. The molecule has 0 bridgehead atoms. The Balaban J connectivity index is 2.02. The summed E-state index contributed by atoms with van der Waals surface area (Å²) in [6, 6.07) is 11.4. The van der Waals surface area contributed by atoms with Gasteiger partial charge in [0.1, 0.15) is 0 Å². The molecule has 5 nitrogen and oxygen atoms in total. The third-order valence-corrected chi connectivity index (χ3v) is 3.41. The van der Waals surface area contributed by atoms with Crippen LogP contribution >= 0.6 is 15.9 Å². The average Bonchev–Trinajstić information content (AvgIpc) is 2.97. The van der Waals surface area contributed by atoms with Gasteiger partial charge in [0, 0.05) is 16.9 Å². The maximum absolute atomic E-state index is 6.31. The lowest BCUT2D eigenvalue weighted by Gasteiger charge is -2.13. The molecule has 0 radical (unpaired) electrons. The number of rotatable bonds is 3. The van der Waals surface area contributed by atoms with Crippen LogP contribution in [0.4, 0.5) is 0 Å². The molecule has 1 atom stereocenters. The predicted molar refractivity (Wildman–Crippen MR) is 79.3 cm³/mol. The van der Waals surface area contributed by atoms with Crippen LogP contribution in [0.5, 0.6) is 0 Å². The van der Waals surface area contributed by atoms with E-state index in [-0.39, 0.29) is 6.04 Å². The molecular weight excluding hydrogens is 318 g/mol. The monoisotopic (exact) mass is 329 g/mol. The Hall–Kier alpha value is -2.05. The average molecular weight is 330 g/mol. The number of nitrogens with two attached hydrogens (primary N) is 1. The van der Waals surface area contributed by atoms with Gasteiger partial charge in [-0.05, 0) is 39.7 Å². The molecule has 0 aliphatic rings. The van der Waals surface area contributed by atoms with E-state index >= 15 is 0 Å². The molecule has 1 aromatic carbocycles. The van der Waals surface area contributed by atoms with Crippen molar-refractivity contribution in [3.8, 4) is 5.69 Å². The van der Waals surface area contributed by atoms with Crippen molar-refractivity contribution in [3.05, 3.63) is 70.7 Å². The van der Waals surface area contributed by atoms with Crippen LogP contribution in [0.15, 0.2) is 59.5 Å². The molecule has 0 aliphatic heterocycles. The standard InChI is InChI=1S/C14H12BrN5/c15-11-6-10(7-17-8-11)14(16)13-9-18-19-20(13)12-4-2-1-3-5-12/h1-9,14H,16H2. The Morgan fingerprint density at radius 3 is 2.65 bits per heavy atom. The van der Waals surface area contributed by atoms with Gasteiger partial charge in [-0.15, -0.1) is 5.10 Å². The molecule has 0 saturated heterocycles. The number of pyridine rings is 1. The maximum atomic E-state index is 6.31. The minimum atomic E-state index is -0.338. The van der Waals surface area contributed by atoms with Crippen LogP contribution in [0.3, 0.4) is 0 Å². The smallest absolute Gasteiger partial charge is 0.0859 e. The van der Waals surface area contributed by atoms with Crippen LogP contribution in [0, 0.1) is 0 Å². The summed E-state index contributed by atoms with van der Waals surface area (Å²) in [7, 11) is 0. The Morgan fingerprint density at radius 2 is 1.90 bits per heavy atom. The van der Waals surface area contributed by atoms with Crippen LogP contribution in [-0.2, 0) is 0 Å². The summed E-state index contributed by atoms with van der Waals surface area (Å²) in [5.41, 5.74) is 8.95. The summed E-state index contributed by atoms with van der Waals surface area (Å²) in [6.45, 7) is 0. The number of nitrogens with zero attached hydrogens (tertiary/aromatic N) is 4. The summed E-state index contributed by atoms with van der Waals surface area (Å²) < 4.78 is 2.63. The van der Waals surface area contributed by atoms with Crippen LogP contribution in [0.1, 0.15) is 17.3 Å². The Bertz CT molecular complexity index is 710. The third-order valence-electron chi connectivity index (χ3n) is 2.98. The molecule has 2 N–H and O–H groups in total. The van der Waals surface area contributed by atoms with Crippen molar-refractivity contribution >= 4 is 15.9 Å². The molecule has 2 aromatic heterocycles. The lowest BCUT2D eigenvalue weighted by Crippen LogP contribution is -2.17. The number of para-hydroxylation sites is 1. The summed E-state index contributed by atoms with van der Waals surface area (Å²) >= 11 is 3.40. The van der Waals surface area contributed by atoms with E-state index in [1.807, 2.05) is 36.4 Å². The van der Waals surface area contributed by atoms with Gasteiger partial charge in [-0.1, -0.05) is 23.4 Å². The first kappa shape index (κ1) is 13.0. The molecule has 0 saturated carbocycles. The van der Waals surface area contributed by atoms with E-state index in [1.165, 1.54) is 0 Å². The fourth-order valence-electron chi connectivity index (χ4n) is 1.99. The van der Waals surface area contributed by atoms with Gasteiger partial charge in [-0.25, -0.2) is 4.68 Å². The fourth-order valence-corrected chi connectivity index (χ4v) is 2.38. The van der Waals surface area contributed by atoms with Crippen molar-refractivity contribution < 1.29 is 0 Å². The largest absolute Gasteiger partial charge is 0.319 e. The lowest BCUT2D eigenvalue weighted by atomic mass is 10.1. The normalized spacial score (nSPS) is 12.3. The zero-order chi connectivity index (χ0) is 13.9. The number of hydrogen-bond donors (Lipinski definition) is 1. The van der Waals surface area contributed by atoms with E-state index in [4.69, 9.17) is 5.73 Å². The number of aromatic nitrogens is 4. The lowest BCUT2D eigenvalue weighted by molar-refractivity contribution is 0.717. The topological polar surface area (TPSA) is 69.6 Å². The Morgan fingerprint density at radius 1 is 1.10 bits per heavy atom. The van der Waals surface area contributed by atoms with Gasteiger partial charge in [0.15, 0.2) is 0 Å². The van der Waals surface area contributed by atoms with E-state index < -0.39 is 0 Å². The molecule has 0 aliphatic carbocycles. The fraction of sp³-hybridized carbons (Fsp3) is 0.0714. The quantitative estimate of drug-likeness (QED) is 0.801. The van der Waals surface area contributed by atoms with Crippen molar-refractivity contribution in [2.45, 2.75) is 6.04 Å². The Kier molecular flexibility index (Phi) is 3.58. The van der Waals surface area contributed by atoms with E-state index in [9.17, 15) is 0 Å². The van der Waals surface area contributed by atoms with Crippen molar-refractivity contribution in [1.82, 2.24) is 20.0 Å². The first-order chi connectivity index (χ1) is 9.75. The minimum absolute atomic E-state index is 0.338. The van der Waals surface area contributed by atoms with E-state index in [1.54, 1.807) is 23.3 Å². The van der Waals surface area contributed by atoms with E-state index in [2.05, 4.69) is 31.2 Å². The predicted octanol–water partition coefficient (Wildman–Crippen LogP) is 2.47. The van der Waals surface area contributed by atoms with Gasteiger partial charge < -0.3 is 5.73 Å². The first-order valence-electron chi connectivity index (χ1n) is 6.08. The highest BCUT2D eigenvalue weighted by Crippen LogP contribution is 2.22. The maximum Gasteiger partial charge on any atom is 0.0859 e. The zero-order valence-corrected chi connectivity index (χ0v) is 12.1. The van der Waals surface area contributed by atoms with Crippen LogP contribution < -0.4 is 5.73 Å². The van der Waals surface area contributed by atoms with Crippen molar-refractivity contribution in [2.24, 2.45) is 5.73 Å². The van der Waals surface area contributed by atoms with Crippen molar-refractivity contribution in [2.75, 3.05) is 0 Å². The minimum Gasteiger partial charge on any atom is -0.319 e. The van der Waals surface area contributed by atoms with Gasteiger partial charge in [-0.3, -0.25) is 4.98 Å². The van der Waals surface area contributed by atoms with Gasteiger partial charge >= 0.3 is 0 Å². The van der Waals surface area contributed by atoms with Gasteiger partial charge in [0.25, 0.3) is 0 Å². The van der Waals surface area contributed by atoms with Crippen LogP contribution in [0.2, 0.25) is 0 Å². The highest BCUT2D eigenvalue weighted by molar-refractivity contribution is 9.10. The Labute approximate surface area is 124 Å². The second-order valence-electron chi connectivity index (χ2n) is 4.32. The molecule has 100 valence electrons. The summed E-state index contributed by atoms with van der Waals surface area (Å²) in [6.07, 6.45) is 5.15. The highest BCUT2D eigenvalue weighted by Gasteiger charge is 2.16. The van der Waals surface area contributed by atoms with Crippen LogP contribution in [0.25, 0.3) is 5.69 Å². The molecular formula is C14H12BrN5. The molecule has 0 amide bonds. The van der Waals surface area contributed by atoms with Crippen molar-refractivity contribution in [1.29, 1.82) is 0 Å². The molecule has 0 fully saturated rings. The van der Waals surface area contributed by atoms with E-state index in [0.29, 0.717) is 0 Å². The SMILES string of the molecule is NC(c1cncc(Br)c1)c1cnnn1-c1ccccc1. The van der Waals surface area contributed by atoms with E-state index in [0.717, 1.165) is 21.4 Å². The molecule has 0 spiro atoms. The van der Waals surface area contributed by atoms with Crippen molar-refractivity contribution in [3.63, 3.8) is 0 Å². The number of halogens is 1. The third kappa shape index (κ3) is 2.48. The van der Waals surface area contributed by atoms with Gasteiger partial charge in [0.2, 0.25) is 0 Å². The molecule has 1 unspecified atom stereocenters. The molecule has 2 heterocycles. The number of benzene rings is 1. The molecule has 20 heavy (non-hydrogen) atoms. The second kappa shape index (κ2) is 5.52. The van der Waals surface area contributed by atoms with Gasteiger partial charge in [0.05, 0.1) is 23.6 Å². The molecule has 3 rings (SSSR count). The first-order valence-corrected chi connectivity index (χ1v) is 6.87. The molecule has 3 aromatic rings. The number of hydrogen-bond acceptors (Lipinski definition) is 4. The summed E-state index contributed by atoms with van der Waals surface area (Å²) in [4.78, 5) is 4.14. The summed E-state index contributed by atoms with van der Waals surface area (Å²) in [5.74, 6) is 0. The molecule has 6 heteroatoms. The summed E-state index contributed by atoms with van der Waals surface area (Å²) in [5, 5.41) is 8.08. The van der Waals surface area contributed by atoms with Crippen LogP contribution in [-0.4, -0.2) is 20.0 Å². The second-order valence-corrected chi connectivity index (χ2v) is 5.24. The zero-order valence-electron chi connectivity index (χ0n) is 10.5.